The summed E-state index contributed by atoms with van der Waals surface area (Å²) in [6, 6.07) is 0. The average molecular weight is 449 g/mol. The molecule has 0 radical (unpaired) electrons. The van der Waals surface area contributed by atoms with E-state index in [0.29, 0.717) is 6.42 Å². The third-order valence-electron chi connectivity index (χ3n) is 5.74. The van der Waals surface area contributed by atoms with Gasteiger partial charge < -0.3 is 30.3 Å². The number of carbonyl (C=O) groups is 1. The van der Waals surface area contributed by atoms with E-state index in [9.17, 15) is 20.1 Å². The van der Waals surface area contributed by atoms with Crippen molar-refractivity contribution < 1.29 is 35.1 Å². The molecule has 0 aliphatic heterocycles. The number of hydrogen-bond donors (Lipinski definition) is 5. The highest BCUT2D eigenvalue weighted by molar-refractivity contribution is 5.69. The summed E-state index contributed by atoms with van der Waals surface area (Å²) < 4.78 is 5.04. The molecule has 4 atom stereocenters. The summed E-state index contributed by atoms with van der Waals surface area (Å²) in [6.07, 6.45) is 12.3. The van der Waals surface area contributed by atoms with Gasteiger partial charge >= 0.3 is 5.97 Å². The van der Waals surface area contributed by atoms with E-state index in [2.05, 4.69) is 6.92 Å². The van der Waals surface area contributed by atoms with Gasteiger partial charge in [0.25, 0.3) is 0 Å². The molecule has 31 heavy (non-hydrogen) atoms. The van der Waals surface area contributed by atoms with Gasteiger partial charge in [-0.25, -0.2) is 0 Å². The highest BCUT2D eigenvalue weighted by Gasteiger charge is 2.34. The zero-order valence-electron chi connectivity index (χ0n) is 19.6. The molecule has 0 unspecified atom stereocenters. The lowest BCUT2D eigenvalue weighted by atomic mass is 10.0. The van der Waals surface area contributed by atoms with E-state index < -0.39 is 43.6 Å². The van der Waals surface area contributed by atoms with Crippen LogP contribution in [0.15, 0.2) is 0 Å². The van der Waals surface area contributed by atoms with Crippen molar-refractivity contribution in [1.82, 2.24) is 0 Å². The van der Waals surface area contributed by atoms with Crippen LogP contribution in [0.4, 0.5) is 0 Å². The van der Waals surface area contributed by atoms with Gasteiger partial charge in [0.2, 0.25) is 0 Å². The molecule has 0 aromatic rings. The topological polar surface area (TPSA) is 127 Å². The highest BCUT2D eigenvalue weighted by atomic mass is 16.6. The molecule has 0 amide bonds. The lowest BCUT2D eigenvalue weighted by Gasteiger charge is -2.28. The van der Waals surface area contributed by atoms with Crippen molar-refractivity contribution in [3.05, 3.63) is 0 Å². The lowest BCUT2D eigenvalue weighted by Crippen LogP contribution is -2.49. The molecule has 0 saturated heterocycles. The van der Waals surface area contributed by atoms with E-state index in [-0.39, 0.29) is 6.42 Å². The monoisotopic (exact) mass is 448 g/mol. The Hall–Kier alpha value is -0.730. The highest BCUT2D eigenvalue weighted by Crippen LogP contribution is 2.15. The van der Waals surface area contributed by atoms with Crippen LogP contribution in [0.25, 0.3) is 0 Å². The lowest BCUT2D eigenvalue weighted by molar-refractivity contribution is -0.177. The fourth-order valence-electron chi connectivity index (χ4n) is 3.66. The van der Waals surface area contributed by atoms with Gasteiger partial charge in [-0.05, 0) is 6.42 Å². The van der Waals surface area contributed by atoms with Crippen molar-refractivity contribution in [1.29, 1.82) is 0 Å². The summed E-state index contributed by atoms with van der Waals surface area (Å²) in [6.45, 7) is 0.773. The summed E-state index contributed by atoms with van der Waals surface area (Å²) in [5, 5.41) is 47.0. The number of esters is 1. The van der Waals surface area contributed by atoms with E-state index in [1.54, 1.807) is 0 Å². The third kappa shape index (κ3) is 16.5. The van der Waals surface area contributed by atoms with Crippen molar-refractivity contribution in [3.8, 4) is 0 Å². The molecule has 0 saturated carbocycles. The summed E-state index contributed by atoms with van der Waals surface area (Å²) in [5.74, 6) is -0.601. The molecule has 0 aliphatic rings. The number of aliphatic hydroxyl groups is 5. The van der Waals surface area contributed by atoms with Gasteiger partial charge in [-0.1, -0.05) is 96.8 Å². The Morgan fingerprint density at radius 2 is 1.03 bits per heavy atom. The molecule has 0 fully saturated rings. The number of carbonyl (C=O) groups excluding carboxylic acids is 1. The van der Waals surface area contributed by atoms with E-state index in [1.165, 1.54) is 70.6 Å². The fourth-order valence-corrected chi connectivity index (χ4v) is 3.66. The largest absolute Gasteiger partial charge is 0.457 e. The van der Waals surface area contributed by atoms with Gasteiger partial charge in [0.15, 0.2) is 6.10 Å². The van der Waals surface area contributed by atoms with E-state index in [4.69, 9.17) is 14.9 Å². The summed E-state index contributed by atoms with van der Waals surface area (Å²) in [4.78, 5) is 12.0. The van der Waals surface area contributed by atoms with Crippen molar-refractivity contribution >= 4 is 5.97 Å². The second kappa shape index (κ2) is 21.1. The Morgan fingerprint density at radius 3 is 1.42 bits per heavy atom. The first-order valence-corrected chi connectivity index (χ1v) is 12.4. The normalized spacial score (nSPS) is 15.4. The van der Waals surface area contributed by atoms with Crippen LogP contribution in [0.1, 0.15) is 110 Å². The molecule has 7 heteroatoms. The molecule has 0 rings (SSSR count). The Bertz CT molecular complexity index is 405. The smallest absolute Gasteiger partial charge is 0.306 e. The van der Waals surface area contributed by atoms with Crippen LogP contribution in [0.3, 0.4) is 0 Å². The van der Waals surface area contributed by atoms with Crippen molar-refractivity contribution in [2.75, 3.05) is 13.2 Å². The van der Waals surface area contributed by atoms with Crippen LogP contribution in [0, 0.1) is 0 Å². The van der Waals surface area contributed by atoms with E-state index >= 15 is 0 Å². The van der Waals surface area contributed by atoms with E-state index in [0.717, 1.165) is 19.3 Å². The Kier molecular flexibility index (Phi) is 20.6. The Balaban J connectivity index is 3.67. The predicted octanol–water partition coefficient (Wildman–Crippen LogP) is 3.23. The number of rotatable bonds is 22. The first kappa shape index (κ1) is 30.3. The van der Waals surface area contributed by atoms with Gasteiger partial charge in [-0.2, -0.15) is 0 Å². The van der Waals surface area contributed by atoms with Gasteiger partial charge in [-0.15, -0.1) is 0 Å². The minimum atomic E-state index is -1.67. The van der Waals surface area contributed by atoms with Crippen LogP contribution < -0.4 is 0 Å². The van der Waals surface area contributed by atoms with Gasteiger partial charge in [0.05, 0.1) is 13.2 Å². The number of hydrogen-bond acceptors (Lipinski definition) is 7. The standard InChI is InChI=1S/C24H48O7/c1-2-3-4-5-6-7-8-9-10-11-12-13-14-15-16-17-22(29)31-24(21(28)19-26)23(30)20(27)18-25/h20-21,23-28,30H,2-19H2,1H3/t20-,21+,23+,24+/m0/s1. The second-order valence-electron chi connectivity index (χ2n) is 8.64. The van der Waals surface area contributed by atoms with Crippen LogP contribution in [0.5, 0.6) is 0 Å². The van der Waals surface area contributed by atoms with Crippen molar-refractivity contribution in [3.63, 3.8) is 0 Å². The van der Waals surface area contributed by atoms with Crippen molar-refractivity contribution in [2.45, 2.75) is 134 Å². The molecule has 0 bridgehead atoms. The zero-order chi connectivity index (χ0) is 23.3. The maximum absolute atomic E-state index is 12.0. The SMILES string of the molecule is CCCCCCCCCCCCCCCCCC(=O)O[C@@H]([C@H](O)[C@@H](O)CO)[C@H](O)CO. The minimum Gasteiger partial charge on any atom is -0.457 e. The summed E-state index contributed by atoms with van der Waals surface area (Å²) in [7, 11) is 0. The maximum atomic E-state index is 12.0. The summed E-state index contributed by atoms with van der Waals surface area (Å²) in [5.41, 5.74) is 0. The molecule has 0 spiro atoms. The third-order valence-corrected chi connectivity index (χ3v) is 5.74. The molecule has 186 valence electrons. The van der Waals surface area contributed by atoms with Crippen LogP contribution in [0.2, 0.25) is 0 Å². The number of unbranched alkanes of at least 4 members (excludes halogenated alkanes) is 14. The zero-order valence-corrected chi connectivity index (χ0v) is 19.6. The maximum Gasteiger partial charge on any atom is 0.306 e. The number of ether oxygens (including phenoxy) is 1. The van der Waals surface area contributed by atoms with E-state index in [1.807, 2.05) is 0 Å². The fraction of sp³-hybridized carbons (Fsp3) is 0.958. The van der Waals surface area contributed by atoms with Gasteiger partial charge in [0, 0.05) is 6.42 Å². The molecule has 0 aromatic heterocycles. The van der Waals surface area contributed by atoms with Crippen LogP contribution >= 0.6 is 0 Å². The average Bonchev–Trinajstić information content (AvgIpc) is 2.78. The van der Waals surface area contributed by atoms with Gasteiger partial charge in [-0.3, -0.25) is 4.79 Å². The second-order valence-corrected chi connectivity index (χ2v) is 8.64. The van der Waals surface area contributed by atoms with Crippen LogP contribution in [-0.2, 0) is 9.53 Å². The van der Waals surface area contributed by atoms with Crippen LogP contribution in [-0.4, -0.2) is 69.1 Å². The first-order valence-electron chi connectivity index (χ1n) is 12.4. The molecular formula is C24H48O7. The Morgan fingerprint density at radius 1 is 0.645 bits per heavy atom. The minimum absolute atomic E-state index is 0.148. The molecule has 7 nitrogen and oxygen atoms in total. The molecule has 0 heterocycles. The molecular weight excluding hydrogens is 400 g/mol. The van der Waals surface area contributed by atoms with Crippen molar-refractivity contribution in [2.24, 2.45) is 0 Å². The molecule has 0 aliphatic carbocycles. The quantitative estimate of drug-likeness (QED) is 0.127. The molecule has 0 aromatic carbocycles. The van der Waals surface area contributed by atoms with Gasteiger partial charge in [0.1, 0.15) is 18.3 Å². The summed E-state index contributed by atoms with van der Waals surface area (Å²) >= 11 is 0. The Labute approximate surface area is 188 Å². The number of aliphatic hydroxyl groups excluding tert-OH is 5. The first-order chi connectivity index (χ1) is 15.0. The predicted molar refractivity (Wildman–Crippen MR) is 122 cm³/mol. The molecule has 5 N–H and O–H groups in total.